The van der Waals surface area contributed by atoms with E-state index in [0.29, 0.717) is 13.2 Å². The molecule has 0 saturated heterocycles. The first kappa shape index (κ1) is 19.6. The minimum Gasteiger partial charge on any atom is -0.481 e. The Morgan fingerprint density at radius 2 is 1.35 bits per heavy atom. The molecule has 0 aliphatic carbocycles. The van der Waals surface area contributed by atoms with Crippen molar-refractivity contribution in [3.63, 3.8) is 0 Å². The van der Waals surface area contributed by atoms with Crippen LogP contribution in [0.2, 0.25) is 0 Å². The number of aliphatic carboxylic acids is 1. The second-order valence-corrected chi connectivity index (χ2v) is 7.00. The van der Waals surface area contributed by atoms with Gasteiger partial charge in [-0.2, -0.15) is 0 Å². The van der Waals surface area contributed by atoms with E-state index in [-0.39, 0.29) is 0 Å². The zero-order valence-electron chi connectivity index (χ0n) is 12.8. The lowest BCUT2D eigenvalue weighted by Gasteiger charge is -2.17. The van der Waals surface area contributed by atoms with E-state index in [9.17, 15) is 9.36 Å². The van der Waals surface area contributed by atoms with Gasteiger partial charge in [0, 0.05) is 0 Å². The highest BCUT2D eigenvalue weighted by Gasteiger charge is 2.28. The first-order valence-electron chi connectivity index (χ1n) is 7.64. The summed E-state index contributed by atoms with van der Waals surface area (Å²) >= 11 is 0. The van der Waals surface area contributed by atoms with Gasteiger partial charge in [-0.25, -0.2) is 0 Å². The van der Waals surface area contributed by atoms with Crippen LogP contribution in [0.25, 0.3) is 0 Å². The molecule has 120 valence electrons. The number of rotatable bonds is 14. The van der Waals surface area contributed by atoms with Crippen LogP contribution < -0.4 is 0 Å². The Kier molecular flexibility index (Phi) is 12.1. The fraction of sp³-hybridized carbons (Fsp3) is 0.929. The van der Waals surface area contributed by atoms with Crippen molar-refractivity contribution < 1.29 is 23.5 Å². The summed E-state index contributed by atoms with van der Waals surface area (Å²) in [5.74, 6) is -1.14. The van der Waals surface area contributed by atoms with Crippen LogP contribution in [-0.4, -0.2) is 30.5 Å². The summed E-state index contributed by atoms with van der Waals surface area (Å²) in [6.45, 7) is 4.82. The van der Waals surface area contributed by atoms with Crippen LogP contribution in [0.5, 0.6) is 0 Å². The molecule has 1 N–H and O–H groups in total. The topological polar surface area (TPSA) is 72.8 Å². The van der Waals surface area contributed by atoms with E-state index in [0.717, 1.165) is 51.4 Å². The minimum atomic E-state index is -3.47. The Morgan fingerprint density at radius 3 is 1.70 bits per heavy atom. The monoisotopic (exact) mass is 308 g/mol. The first-order valence-corrected chi connectivity index (χ1v) is 9.36. The summed E-state index contributed by atoms with van der Waals surface area (Å²) in [7, 11) is -3.47. The summed E-state index contributed by atoms with van der Waals surface area (Å²) in [4.78, 5) is 10.8. The fourth-order valence-corrected chi connectivity index (χ4v) is 3.16. The molecule has 0 rings (SSSR count). The highest BCUT2D eigenvalue weighted by molar-refractivity contribution is 7.54. The Bertz CT molecular complexity index is 275. The molecule has 0 heterocycles. The average molecular weight is 308 g/mol. The number of unbranched alkanes of at least 4 members (excludes halogenated alkanes) is 6. The summed E-state index contributed by atoms with van der Waals surface area (Å²) < 4.78 is 22.8. The molecule has 0 fully saturated rings. The SMILES string of the molecule is CCCCCCOP(=O)(CC(=O)O)OCCCCCC. The molecule has 0 aromatic rings. The molecule has 0 amide bonds. The Labute approximate surface area is 122 Å². The van der Waals surface area contributed by atoms with Gasteiger partial charge in [0.05, 0.1) is 13.2 Å². The third kappa shape index (κ3) is 11.4. The largest absolute Gasteiger partial charge is 0.481 e. The van der Waals surface area contributed by atoms with Gasteiger partial charge in [-0.15, -0.1) is 0 Å². The van der Waals surface area contributed by atoms with Gasteiger partial charge in [-0.3, -0.25) is 9.36 Å². The van der Waals surface area contributed by atoms with Gasteiger partial charge in [0.1, 0.15) is 6.16 Å². The van der Waals surface area contributed by atoms with Gasteiger partial charge in [-0.1, -0.05) is 52.4 Å². The molecule has 0 aromatic carbocycles. The maximum Gasteiger partial charge on any atom is 0.341 e. The van der Waals surface area contributed by atoms with Crippen LogP contribution in [0.1, 0.15) is 65.2 Å². The molecular formula is C14H29O5P. The highest BCUT2D eigenvalue weighted by Crippen LogP contribution is 2.48. The molecule has 5 nitrogen and oxygen atoms in total. The normalized spacial score (nSPS) is 11.7. The standard InChI is InChI=1S/C14H29O5P/c1-3-5-7-9-11-18-20(17,13-14(15)16)19-12-10-8-6-4-2/h3-13H2,1-2H3,(H,15,16). The van der Waals surface area contributed by atoms with Crippen molar-refractivity contribution in [2.24, 2.45) is 0 Å². The number of hydrogen-bond acceptors (Lipinski definition) is 4. The van der Waals surface area contributed by atoms with Crippen molar-refractivity contribution in [3.05, 3.63) is 0 Å². The Balaban J connectivity index is 4.01. The summed E-state index contributed by atoms with van der Waals surface area (Å²) in [5.41, 5.74) is 0. The molecule has 0 aromatic heterocycles. The van der Waals surface area contributed by atoms with Crippen LogP contribution in [0.3, 0.4) is 0 Å². The molecule has 0 radical (unpaired) electrons. The Morgan fingerprint density at radius 1 is 0.900 bits per heavy atom. The molecule has 0 aliphatic rings. The lowest BCUT2D eigenvalue weighted by atomic mass is 10.2. The van der Waals surface area contributed by atoms with E-state index >= 15 is 0 Å². The van der Waals surface area contributed by atoms with Crippen molar-refractivity contribution >= 4 is 13.6 Å². The number of hydrogen-bond donors (Lipinski definition) is 1. The smallest absolute Gasteiger partial charge is 0.341 e. The van der Waals surface area contributed by atoms with Crippen LogP contribution >= 0.6 is 7.60 Å². The fourth-order valence-electron chi connectivity index (χ4n) is 1.76. The van der Waals surface area contributed by atoms with Crippen LogP contribution in [0.15, 0.2) is 0 Å². The minimum absolute atomic E-state index is 0.305. The number of carbonyl (C=O) groups is 1. The third-order valence-electron chi connectivity index (χ3n) is 2.90. The number of carboxylic acids is 1. The third-order valence-corrected chi connectivity index (χ3v) is 4.71. The predicted octanol–water partition coefficient (Wildman–Crippen LogP) is 4.46. The lowest BCUT2D eigenvalue weighted by Crippen LogP contribution is -2.10. The molecule has 0 atom stereocenters. The molecule has 0 aliphatic heterocycles. The van der Waals surface area contributed by atoms with Gasteiger partial charge in [-0.05, 0) is 12.8 Å². The molecule has 0 unspecified atom stereocenters. The highest BCUT2D eigenvalue weighted by atomic mass is 31.2. The maximum absolute atomic E-state index is 12.3. The van der Waals surface area contributed by atoms with Crippen molar-refractivity contribution in [1.29, 1.82) is 0 Å². The first-order chi connectivity index (χ1) is 9.54. The van der Waals surface area contributed by atoms with E-state index in [4.69, 9.17) is 14.2 Å². The zero-order chi connectivity index (χ0) is 15.3. The number of carboxylic acid groups (broad SMARTS) is 1. The van der Waals surface area contributed by atoms with Crippen LogP contribution in [0.4, 0.5) is 0 Å². The predicted molar refractivity (Wildman–Crippen MR) is 80.3 cm³/mol. The summed E-state index contributed by atoms with van der Waals surface area (Å²) in [6.07, 6.45) is 7.46. The molecule has 20 heavy (non-hydrogen) atoms. The zero-order valence-corrected chi connectivity index (χ0v) is 13.7. The average Bonchev–Trinajstić information content (AvgIpc) is 2.37. The van der Waals surface area contributed by atoms with Gasteiger partial charge in [0.15, 0.2) is 0 Å². The van der Waals surface area contributed by atoms with Crippen molar-refractivity contribution in [1.82, 2.24) is 0 Å². The van der Waals surface area contributed by atoms with Crippen molar-refractivity contribution in [2.45, 2.75) is 65.2 Å². The summed E-state index contributed by atoms with van der Waals surface area (Å²) in [5, 5.41) is 8.80. The molecule has 0 bridgehead atoms. The van der Waals surface area contributed by atoms with E-state index in [2.05, 4.69) is 13.8 Å². The molecular weight excluding hydrogens is 279 g/mol. The van der Waals surface area contributed by atoms with Gasteiger partial charge >= 0.3 is 13.6 Å². The van der Waals surface area contributed by atoms with Gasteiger partial charge in [0.25, 0.3) is 0 Å². The maximum atomic E-state index is 12.3. The van der Waals surface area contributed by atoms with Crippen molar-refractivity contribution in [2.75, 3.05) is 19.4 Å². The molecule has 0 saturated carbocycles. The second-order valence-electron chi connectivity index (χ2n) is 4.95. The van der Waals surface area contributed by atoms with E-state index in [1.165, 1.54) is 0 Å². The van der Waals surface area contributed by atoms with Crippen molar-refractivity contribution in [3.8, 4) is 0 Å². The molecule has 6 heteroatoms. The molecule has 0 spiro atoms. The van der Waals surface area contributed by atoms with Crippen LogP contribution in [-0.2, 0) is 18.4 Å². The second kappa shape index (κ2) is 12.4. The quantitative estimate of drug-likeness (QED) is 0.379. The summed E-state index contributed by atoms with van der Waals surface area (Å²) in [6, 6.07) is 0. The Hall–Kier alpha value is -0.380. The van der Waals surface area contributed by atoms with Crippen LogP contribution in [0, 0.1) is 0 Å². The van der Waals surface area contributed by atoms with Gasteiger partial charge < -0.3 is 14.2 Å². The van der Waals surface area contributed by atoms with Gasteiger partial charge in [0.2, 0.25) is 0 Å². The van der Waals surface area contributed by atoms with E-state index < -0.39 is 19.7 Å². The van der Waals surface area contributed by atoms with E-state index in [1.807, 2.05) is 0 Å². The lowest BCUT2D eigenvalue weighted by molar-refractivity contribution is -0.134. The van der Waals surface area contributed by atoms with E-state index in [1.54, 1.807) is 0 Å².